The molecule has 0 atom stereocenters. The van der Waals surface area contributed by atoms with Gasteiger partial charge in [0.15, 0.2) is 0 Å². The van der Waals surface area contributed by atoms with Crippen LogP contribution in [0.2, 0.25) is 0 Å². The summed E-state index contributed by atoms with van der Waals surface area (Å²) < 4.78 is 26.6. The van der Waals surface area contributed by atoms with Gasteiger partial charge in [0.2, 0.25) is 0 Å². The summed E-state index contributed by atoms with van der Waals surface area (Å²) in [6.45, 7) is 0. The van der Waals surface area contributed by atoms with Crippen molar-refractivity contribution in [2.24, 2.45) is 11.8 Å². The van der Waals surface area contributed by atoms with Crippen LogP contribution in [0.5, 0.6) is 0 Å². The highest BCUT2D eigenvalue weighted by Crippen LogP contribution is 2.41. The Morgan fingerprint density at radius 2 is 1.30 bits per heavy atom. The van der Waals surface area contributed by atoms with Crippen LogP contribution in [-0.2, 0) is 0 Å². The minimum Gasteiger partial charge on any atom is -0.207 e. The summed E-state index contributed by atoms with van der Waals surface area (Å²) in [4.78, 5) is 0. The molecule has 2 fully saturated rings. The third-order valence-electron chi connectivity index (χ3n) is 5.34. The van der Waals surface area contributed by atoms with E-state index in [0.29, 0.717) is 5.92 Å². The summed E-state index contributed by atoms with van der Waals surface area (Å²) in [7, 11) is 0. The quantitative estimate of drug-likeness (QED) is 0.653. The van der Waals surface area contributed by atoms with Crippen molar-refractivity contribution < 1.29 is 8.78 Å². The smallest absolute Gasteiger partial charge is 0.126 e. The minimum absolute atomic E-state index is 0.361. The average Bonchev–Trinajstić information content (AvgIpc) is 2.91. The van der Waals surface area contributed by atoms with Crippen LogP contribution >= 0.6 is 0 Å². The molecule has 0 radical (unpaired) electrons. The van der Waals surface area contributed by atoms with Crippen LogP contribution < -0.4 is 0 Å². The molecule has 110 valence electrons. The summed E-state index contributed by atoms with van der Waals surface area (Å²) >= 11 is 0. The standard InChI is InChI=1S/C18H24F2/c19-17-10-16(11-18(20)12-17)15-7-5-14(6-8-15)9-13-3-1-2-4-13/h10-15H,1-9H2. The Labute approximate surface area is 120 Å². The predicted octanol–water partition coefficient (Wildman–Crippen LogP) is 5.82. The van der Waals surface area contributed by atoms with E-state index in [1.165, 1.54) is 57.1 Å². The second kappa shape index (κ2) is 6.24. The molecular weight excluding hydrogens is 254 g/mol. The molecule has 0 bridgehead atoms. The molecule has 1 aromatic rings. The molecule has 1 aromatic carbocycles. The molecule has 0 nitrogen and oxygen atoms in total. The SMILES string of the molecule is Fc1cc(F)cc(C2CCC(CC3CCCC3)CC2)c1. The molecule has 0 aliphatic heterocycles. The summed E-state index contributed by atoms with van der Waals surface area (Å²) in [6, 6.07) is 4.01. The first kappa shape index (κ1) is 14.0. The molecule has 2 aliphatic carbocycles. The Balaban J connectivity index is 1.55. The second-order valence-corrected chi connectivity index (χ2v) is 6.81. The monoisotopic (exact) mass is 278 g/mol. The van der Waals surface area contributed by atoms with Crippen molar-refractivity contribution >= 4 is 0 Å². The third-order valence-corrected chi connectivity index (χ3v) is 5.34. The van der Waals surface area contributed by atoms with E-state index in [-0.39, 0.29) is 0 Å². The zero-order chi connectivity index (χ0) is 13.9. The van der Waals surface area contributed by atoms with E-state index in [4.69, 9.17) is 0 Å². The van der Waals surface area contributed by atoms with Gasteiger partial charge in [-0.2, -0.15) is 0 Å². The van der Waals surface area contributed by atoms with Gasteiger partial charge in [0, 0.05) is 6.07 Å². The highest BCUT2D eigenvalue weighted by Gasteiger charge is 2.26. The lowest BCUT2D eigenvalue weighted by Crippen LogP contribution is -2.16. The van der Waals surface area contributed by atoms with E-state index in [9.17, 15) is 8.78 Å². The molecule has 0 amide bonds. The fourth-order valence-corrected chi connectivity index (χ4v) is 4.26. The molecular formula is C18H24F2. The van der Waals surface area contributed by atoms with Gasteiger partial charge in [0.05, 0.1) is 0 Å². The van der Waals surface area contributed by atoms with E-state index in [1.807, 2.05) is 0 Å². The number of hydrogen-bond acceptors (Lipinski definition) is 0. The molecule has 2 saturated carbocycles. The van der Waals surface area contributed by atoms with Gasteiger partial charge in [0.25, 0.3) is 0 Å². The van der Waals surface area contributed by atoms with Gasteiger partial charge in [-0.15, -0.1) is 0 Å². The van der Waals surface area contributed by atoms with Gasteiger partial charge in [-0.3, -0.25) is 0 Å². The maximum absolute atomic E-state index is 13.3. The van der Waals surface area contributed by atoms with E-state index in [0.717, 1.165) is 36.3 Å². The van der Waals surface area contributed by atoms with Crippen molar-refractivity contribution in [1.82, 2.24) is 0 Å². The van der Waals surface area contributed by atoms with Crippen LogP contribution in [0, 0.1) is 23.5 Å². The largest absolute Gasteiger partial charge is 0.207 e. The molecule has 2 aliphatic rings. The Bertz CT molecular complexity index is 420. The third kappa shape index (κ3) is 3.39. The van der Waals surface area contributed by atoms with Crippen molar-refractivity contribution in [2.75, 3.05) is 0 Å². The van der Waals surface area contributed by atoms with Crippen molar-refractivity contribution in [2.45, 2.75) is 63.7 Å². The first-order chi connectivity index (χ1) is 9.70. The van der Waals surface area contributed by atoms with Gasteiger partial charge in [-0.1, -0.05) is 25.7 Å². The van der Waals surface area contributed by atoms with Crippen molar-refractivity contribution in [3.8, 4) is 0 Å². The Morgan fingerprint density at radius 1 is 0.750 bits per heavy atom. The molecule has 2 heteroatoms. The van der Waals surface area contributed by atoms with Gasteiger partial charge < -0.3 is 0 Å². The van der Waals surface area contributed by atoms with Crippen LogP contribution in [-0.4, -0.2) is 0 Å². The Kier molecular flexibility index (Phi) is 4.38. The minimum atomic E-state index is -0.437. The number of halogens is 2. The Hall–Kier alpha value is -0.920. The van der Waals surface area contributed by atoms with Gasteiger partial charge in [-0.05, 0) is 67.6 Å². The maximum atomic E-state index is 13.3. The van der Waals surface area contributed by atoms with E-state index in [2.05, 4.69) is 0 Å². The molecule has 0 N–H and O–H groups in total. The molecule has 3 rings (SSSR count). The number of hydrogen-bond donors (Lipinski definition) is 0. The lowest BCUT2D eigenvalue weighted by molar-refractivity contribution is 0.270. The fourth-order valence-electron chi connectivity index (χ4n) is 4.26. The first-order valence-electron chi connectivity index (χ1n) is 8.16. The number of benzene rings is 1. The topological polar surface area (TPSA) is 0 Å². The van der Waals surface area contributed by atoms with Crippen LogP contribution in [0.4, 0.5) is 8.78 Å². The van der Waals surface area contributed by atoms with Gasteiger partial charge >= 0.3 is 0 Å². The molecule has 0 spiro atoms. The zero-order valence-electron chi connectivity index (χ0n) is 12.1. The van der Waals surface area contributed by atoms with Crippen molar-refractivity contribution in [3.63, 3.8) is 0 Å². The van der Waals surface area contributed by atoms with Crippen LogP contribution in [0.3, 0.4) is 0 Å². The predicted molar refractivity (Wildman–Crippen MR) is 77.6 cm³/mol. The first-order valence-corrected chi connectivity index (χ1v) is 8.16. The number of rotatable bonds is 3. The Morgan fingerprint density at radius 3 is 1.90 bits per heavy atom. The van der Waals surface area contributed by atoms with Gasteiger partial charge in [-0.25, -0.2) is 8.78 Å². The maximum Gasteiger partial charge on any atom is 0.126 e. The second-order valence-electron chi connectivity index (χ2n) is 6.81. The highest BCUT2D eigenvalue weighted by atomic mass is 19.1. The molecule has 0 aromatic heterocycles. The molecule has 0 saturated heterocycles. The molecule has 20 heavy (non-hydrogen) atoms. The summed E-state index contributed by atoms with van der Waals surface area (Å²) in [5.74, 6) is 1.30. The van der Waals surface area contributed by atoms with E-state index >= 15 is 0 Å². The van der Waals surface area contributed by atoms with Crippen LogP contribution in [0.15, 0.2) is 18.2 Å². The van der Waals surface area contributed by atoms with Crippen molar-refractivity contribution in [1.29, 1.82) is 0 Å². The lowest BCUT2D eigenvalue weighted by Gasteiger charge is -2.30. The summed E-state index contributed by atoms with van der Waals surface area (Å²) in [6.07, 6.45) is 11.7. The van der Waals surface area contributed by atoms with Crippen LogP contribution in [0.1, 0.15) is 69.3 Å². The zero-order valence-corrected chi connectivity index (χ0v) is 12.1. The summed E-state index contributed by atoms with van der Waals surface area (Å²) in [5, 5.41) is 0. The van der Waals surface area contributed by atoms with Crippen molar-refractivity contribution in [3.05, 3.63) is 35.4 Å². The highest BCUT2D eigenvalue weighted by molar-refractivity contribution is 5.22. The molecule has 0 heterocycles. The van der Waals surface area contributed by atoms with Gasteiger partial charge in [0.1, 0.15) is 11.6 Å². The average molecular weight is 278 g/mol. The molecule has 0 unspecified atom stereocenters. The fraction of sp³-hybridized carbons (Fsp3) is 0.667. The van der Waals surface area contributed by atoms with Crippen LogP contribution in [0.25, 0.3) is 0 Å². The summed E-state index contributed by atoms with van der Waals surface area (Å²) in [5.41, 5.74) is 0.863. The van der Waals surface area contributed by atoms with E-state index in [1.54, 1.807) is 0 Å². The lowest BCUT2D eigenvalue weighted by atomic mass is 9.75. The normalized spacial score (nSPS) is 27.9. The van der Waals surface area contributed by atoms with E-state index < -0.39 is 11.6 Å².